The van der Waals surface area contributed by atoms with Gasteiger partial charge < -0.3 is 20.9 Å². The number of carbonyl (C=O) groups excluding carboxylic acids is 1. The molecule has 0 bridgehead atoms. The average molecular weight is 463 g/mol. The normalized spacial score (nSPS) is 17.2. The van der Waals surface area contributed by atoms with Crippen LogP contribution in [0.2, 0.25) is 0 Å². The monoisotopic (exact) mass is 462 g/mol. The van der Waals surface area contributed by atoms with Crippen molar-refractivity contribution in [1.29, 1.82) is 0 Å². The number of rotatable bonds is 8. The van der Waals surface area contributed by atoms with E-state index in [1.807, 2.05) is 30.8 Å². The molecule has 5 rings (SSSR count). The topological polar surface area (TPSA) is 100 Å². The van der Waals surface area contributed by atoms with Gasteiger partial charge in [0, 0.05) is 37.7 Å². The minimum atomic E-state index is -0.224. The Labute approximate surface area is 201 Å². The molecule has 180 valence electrons. The maximum absolute atomic E-state index is 12.8. The van der Waals surface area contributed by atoms with Crippen LogP contribution >= 0.6 is 0 Å². The Morgan fingerprint density at radius 2 is 1.94 bits per heavy atom. The predicted molar refractivity (Wildman–Crippen MR) is 135 cm³/mol. The van der Waals surface area contributed by atoms with E-state index < -0.39 is 0 Å². The minimum Gasteiger partial charge on any atom is -0.350 e. The lowest BCUT2D eigenvalue weighted by Crippen LogP contribution is -2.31. The SMILES string of the molecule is CC(C)NC(=O)c1cnc(Nc2ccc3c(c2)CC(N(C)C)C3)nc1Nc1ccn(C2CC2)n1.[HH]. The molecule has 9 nitrogen and oxygen atoms in total. The van der Waals surface area contributed by atoms with Gasteiger partial charge in [0.25, 0.3) is 5.91 Å². The summed E-state index contributed by atoms with van der Waals surface area (Å²) in [7, 11) is 4.26. The maximum Gasteiger partial charge on any atom is 0.256 e. The molecule has 1 fully saturated rings. The van der Waals surface area contributed by atoms with Gasteiger partial charge in [0.2, 0.25) is 5.95 Å². The van der Waals surface area contributed by atoms with Crippen molar-refractivity contribution >= 4 is 29.2 Å². The van der Waals surface area contributed by atoms with Gasteiger partial charge in [-0.25, -0.2) is 4.98 Å². The van der Waals surface area contributed by atoms with Gasteiger partial charge in [-0.15, -0.1) is 0 Å². The lowest BCUT2D eigenvalue weighted by Gasteiger charge is -2.17. The zero-order valence-electron chi connectivity index (χ0n) is 20.2. The molecule has 0 saturated heterocycles. The van der Waals surface area contributed by atoms with Crippen LogP contribution in [0.15, 0.2) is 36.7 Å². The summed E-state index contributed by atoms with van der Waals surface area (Å²) in [5, 5.41) is 14.1. The number of benzene rings is 1. The molecule has 9 heteroatoms. The molecule has 2 aliphatic rings. The van der Waals surface area contributed by atoms with Gasteiger partial charge >= 0.3 is 0 Å². The number of aromatic nitrogens is 4. The first-order valence-corrected chi connectivity index (χ1v) is 11.9. The van der Waals surface area contributed by atoms with E-state index >= 15 is 0 Å². The molecule has 1 unspecified atom stereocenters. The van der Waals surface area contributed by atoms with Gasteiger partial charge in [-0.2, -0.15) is 10.1 Å². The number of nitrogens with one attached hydrogen (secondary N) is 3. The summed E-state index contributed by atoms with van der Waals surface area (Å²) in [5.41, 5.74) is 4.05. The van der Waals surface area contributed by atoms with Crippen molar-refractivity contribution in [1.82, 2.24) is 30.0 Å². The Balaban J connectivity index is 0.00000289. The number of anilines is 4. The van der Waals surface area contributed by atoms with Crippen LogP contribution in [0, 0.1) is 0 Å². The van der Waals surface area contributed by atoms with Gasteiger partial charge in [0.05, 0.1) is 6.04 Å². The van der Waals surface area contributed by atoms with Crippen molar-refractivity contribution < 1.29 is 6.22 Å². The van der Waals surface area contributed by atoms with E-state index in [4.69, 9.17) is 0 Å². The summed E-state index contributed by atoms with van der Waals surface area (Å²) in [5.74, 6) is 1.28. The molecule has 34 heavy (non-hydrogen) atoms. The van der Waals surface area contributed by atoms with Crippen LogP contribution in [0.5, 0.6) is 0 Å². The molecular weight excluding hydrogens is 428 g/mol. The molecule has 2 aliphatic carbocycles. The standard InChI is InChI=1S/C25H32N8O.H2/c1-15(2)27-24(34)21-14-26-25(30-23(21)29-22-9-10-33(31-22)19-7-8-19)28-18-6-5-16-12-20(32(3)4)13-17(16)11-18;/h5-6,9-11,14-15,19-20H,7-8,12-13H2,1-4H3,(H,27,34)(H2,26,28,29,30,31);1H. The highest BCUT2D eigenvalue weighted by Crippen LogP contribution is 2.34. The number of hydrogen-bond acceptors (Lipinski definition) is 7. The van der Waals surface area contributed by atoms with Crippen molar-refractivity contribution in [2.75, 3.05) is 24.7 Å². The third kappa shape index (κ3) is 4.89. The Morgan fingerprint density at radius 1 is 1.15 bits per heavy atom. The highest BCUT2D eigenvalue weighted by atomic mass is 16.1. The van der Waals surface area contributed by atoms with Crippen molar-refractivity contribution in [3.63, 3.8) is 0 Å². The molecule has 1 saturated carbocycles. The number of likely N-dealkylation sites (N-methyl/N-ethyl adjacent to an activating group) is 1. The summed E-state index contributed by atoms with van der Waals surface area (Å²) in [6.45, 7) is 3.85. The number of nitrogens with zero attached hydrogens (tertiary/aromatic N) is 5. The second kappa shape index (κ2) is 9.06. The van der Waals surface area contributed by atoms with Gasteiger partial charge in [-0.3, -0.25) is 9.48 Å². The summed E-state index contributed by atoms with van der Waals surface area (Å²) in [6.07, 6.45) is 7.92. The van der Waals surface area contributed by atoms with Crippen molar-refractivity contribution in [3.8, 4) is 0 Å². The van der Waals surface area contributed by atoms with E-state index in [0.29, 0.717) is 35.2 Å². The quantitative estimate of drug-likeness (QED) is 0.467. The minimum absolute atomic E-state index is 0. The Hall–Kier alpha value is -3.46. The van der Waals surface area contributed by atoms with Crippen LogP contribution in [0.1, 0.15) is 55.6 Å². The molecule has 3 aromatic rings. The smallest absolute Gasteiger partial charge is 0.256 e. The first-order valence-electron chi connectivity index (χ1n) is 11.9. The molecule has 0 aliphatic heterocycles. The lowest BCUT2D eigenvalue weighted by molar-refractivity contribution is 0.0943. The van der Waals surface area contributed by atoms with Gasteiger partial charge in [0.15, 0.2) is 5.82 Å². The fourth-order valence-electron chi connectivity index (χ4n) is 4.28. The highest BCUT2D eigenvalue weighted by Gasteiger charge is 2.25. The fourth-order valence-corrected chi connectivity index (χ4v) is 4.28. The molecule has 1 amide bonds. The predicted octanol–water partition coefficient (Wildman–Crippen LogP) is 3.91. The van der Waals surface area contributed by atoms with Gasteiger partial charge in [-0.1, -0.05) is 6.07 Å². The van der Waals surface area contributed by atoms with Crippen molar-refractivity contribution in [3.05, 3.63) is 53.3 Å². The molecule has 0 radical (unpaired) electrons. The number of carbonyl (C=O) groups is 1. The van der Waals surface area contributed by atoms with Gasteiger partial charge in [0.1, 0.15) is 11.4 Å². The first-order chi connectivity index (χ1) is 16.4. The second-order valence-electron chi connectivity index (χ2n) is 9.76. The molecule has 2 heterocycles. The van der Waals surface area contributed by atoms with Crippen molar-refractivity contribution in [2.24, 2.45) is 0 Å². The Bertz CT molecular complexity index is 1200. The maximum atomic E-state index is 12.8. The van der Waals surface area contributed by atoms with E-state index in [1.165, 1.54) is 11.1 Å². The Morgan fingerprint density at radius 3 is 2.68 bits per heavy atom. The Kier molecular flexibility index (Phi) is 5.95. The van der Waals surface area contributed by atoms with Crippen LogP contribution in [0.25, 0.3) is 0 Å². The van der Waals surface area contributed by atoms with Gasteiger partial charge in [-0.05, 0) is 76.9 Å². The molecule has 3 N–H and O–H groups in total. The number of hydrogen-bond donors (Lipinski definition) is 3. The van der Waals surface area contributed by atoms with Crippen LogP contribution in [-0.4, -0.2) is 56.7 Å². The van der Waals surface area contributed by atoms with E-state index in [0.717, 1.165) is 31.4 Å². The van der Waals surface area contributed by atoms with E-state index in [9.17, 15) is 4.79 Å². The summed E-state index contributed by atoms with van der Waals surface area (Å²) in [6, 6.07) is 9.33. The van der Waals surface area contributed by atoms with E-state index in [-0.39, 0.29) is 13.4 Å². The zero-order valence-corrected chi connectivity index (χ0v) is 20.2. The third-order valence-corrected chi connectivity index (χ3v) is 6.33. The lowest BCUT2D eigenvalue weighted by atomic mass is 10.1. The van der Waals surface area contributed by atoms with Crippen LogP contribution in [-0.2, 0) is 12.8 Å². The summed E-state index contributed by atoms with van der Waals surface area (Å²) < 4.78 is 1.96. The molecule has 1 atom stereocenters. The molecule has 1 aromatic carbocycles. The second-order valence-corrected chi connectivity index (χ2v) is 9.76. The fraction of sp³-hybridized carbons (Fsp3) is 0.440. The number of fused-ring (bicyclic) bond motifs is 1. The third-order valence-electron chi connectivity index (χ3n) is 6.33. The summed E-state index contributed by atoms with van der Waals surface area (Å²) in [4.78, 5) is 24.1. The molecule has 0 spiro atoms. The van der Waals surface area contributed by atoms with E-state index in [1.54, 1.807) is 6.20 Å². The van der Waals surface area contributed by atoms with Crippen LogP contribution < -0.4 is 16.0 Å². The molecule has 2 aromatic heterocycles. The van der Waals surface area contributed by atoms with Crippen molar-refractivity contribution in [2.45, 2.75) is 57.7 Å². The van der Waals surface area contributed by atoms with E-state index in [2.05, 4.69) is 68.2 Å². The van der Waals surface area contributed by atoms with Crippen LogP contribution in [0.3, 0.4) is 0 Å². The highest BCUT2D eigenvalue weighted by molar-refractivity contribution is 5.99. The molecular formula is C25H34N8O. The first kappa shape index (κ1) is 22.3. The van der Waals surface area contributed by atoms with Crippen LogP contribution in [0.4, 0.5) is 23.3 Å². The average Bonchev–Trinajstić information content (AvgIpc) is 3.37. The number of amides is 1. The summed E-state index contributed by atoms with van der Waals surface area (Å²) >= 11 is 0. The zero-order chi connectivity index (χ0) is 23.8. The largest absolute Gasteiger partial charge is 0.350 e.